The summed E-state index contributed by atoms with van der Waals surface area (Å²) in [5.74, 6) is 0. The molecule has 0 rings (SSSR count). The Morgan fingerprint density at radius 3 is 1.22 bits per heavy atom. The van der Waals surface area contributed by atoms with Gasteiger partial charge < -0.3 is 31.6 Å². The topological polar surface area (TPSA) is 122 Å². The zero-order chi connectivity index (χ0) is 5.86. The molecule has 6 nitrogen and oxygen atoms in total. The first-order valence-electron chi connectivity index (χ1n) is 1.50. The molecule has 0 heterocycles. The molecule has 0 aliphatic carbocycles. The molecule has 0 bridgehead atoms. The van der Waals surface area contributed by atoms with Crippen LogP contribution >= 0.6 is 0 Å². The molecular formula is H7B2KO6. The third-order valence-electron chi connectivity index (χ3n) is 0.243. The molecule has 0 aliphatic heterocycles. The third kappa shape index (κ3) is 17.7. The minimum atomic E-state index is -2.13. The summed E-state index contributed by atoms with van der Waals surface area (Å²) in [6, 6.07) is 0. The standard InChI is InChI=1S/B2H4O5.K.H2O.H/c3-1(4)7-2(5)6;;;/h3-6H;;1H2;/q;+1;;-1. The fraction of sp³-hybridized carbons (Fsp3) is 0. The Bertz CT molecular complexity index is 45.0. The summed E-state index contributed by atoms with van der Waals surface area (Å²) in [5, 5.41) is 30.9. The Balaban J connectivity index is -0.0000000600. The molecule has 0 aromatic heterocycles. The molecule has 0 spiro atoms. The summed E-state index contributed by atoms with van der Waals surface area (Å²) in [4.78, 5) is 0. The molecule has 0 radical (unpaired) electrons. The van der Waals surface area contributed by atoms with Crippen LogP contribution in [0.2, 0.25) is 0 Å². The quantitative estimate of drug-likeness (QED) is 0.302. The van der Waals surface area contributed by atoms with Crippen LogP contribution in [0.15, 0.2) is 0 Å². The summed E-state index contributed by atoms with van der Waals surface area (Å²) in [7, 11) is -4.25. The van der Waals surface area contributed by atoms with Crippen LogP contribution in [0.25, 0.3) is 0 Å². The van der Waals surface area contributed by atoms with Crippen LogP contribution < -0.4 is 51.4 Å². The smallest absolute Gasteiger partial charge is 1.00 e. The van der Waals surface area contributed by atoms with Crippen molar-refractivity contribution >= 4 is 14.6 Å². The van der Waals surface area contributed by atoms with E-state index in [4.69, 9.17) is 20.1 Å². The summed E-state index contributed by atoms with van der Waals surface area (Å²) in [6.45, 7) is 0. The summed E-state index contributed by atoms with van der Waals surface area (Å²) < 4.78 is 3.47. The second-order valence-corrected chi connectivity index (χ2v) is 0.789. The van der Waals surface area contributed by atoms with Gasteiger partial charge in [0.15, 0.2) is 0 Å². The normalized spacial score (nSPS) is 6.67. The van der Waals surface area contributed by atoms with Crippen LogP contribution in [0.4, 0.5) is 0 Å². The van der Waals surface area contributed by atoms with E-state index in [1.54, 1.807) is 0 Å². The van der Waals surface area contributed by atoms with E-state index in [1.165, 1.54) is 0 Å². The first kappa shape index (κ1) is 16.9. The van der Waals surface area contributed by atoms with Gasteiger partial charge in [-0.05, 0) is 0 Å². The second kappa shape index (κ2) is 9.53. The van der Waals surface area contributed by atoms with Crippen LogP contribution in [-0.2, 0) is 4.57 Å². The van der Waals surface area contributed by atoms with E-state index in [0.29, 0.717) is 0 Å². The number of hydrogen-bond donors (Lipinski definition) is 4. The maximum atomic E-state index is 7.74. The average Bonchev–Trinajstić information content (AvgIpc) is 1.27. The van der Waals surface area contributed by atoms with E-state index in [9.17, 15) is 0 Å². The Kier molecular flexibility index (Phi) is 17.9. The molecule has 50 valence electrons. The Morgan fingerprint density at radius 2 is 1.22 bits per heavy atom. The van der Waals surface area contributed by atoms with Crippen molar-refractivity contribution in [1.82, 2.24) is 0 Å². The van der Waals surface area contributed by atoms with Crippen molar-refractivity contribution in [2.75, 3.05) is 0 Å². The average molecular weight is 164 g/mol. The summed E-state index contributed by atoms with van der Waals surface area (Å²) in [5.41, 5.74) is 0. The zero-order valence-electron chi connectivity index (χ0n) is 5.85. The van der Waals surface area contributed by atoms with Gasteiger partial charge in [-0.15, -0.1) is 0 Å². The first-order valence-corrected chi connectivity index (χ1v) is 1.50. The van der Waals surface area contributed by atoms with Crippen molar-refractivity contribution in [3.8, 4) is 0 Å². The largest absolute Gasteiger partial charge is 1.00 e. The Hall–Kier alpha value is 1.53. The van der Waals surface area contributed by atoms with Gasteiger partial charge in [0.1, 0.15) is 0 Å². The van der Waals surface area contributed by atoms with Gasteiger partial charge >= 0.3 is 66.0 Å². The summed E-state index contributed by atoms with van der Waals surface area (Å²) in [6.07, 6.45) is 0. The van der Waals surface area contributed by atoms with Crippen LogP contribution in [0.3, 0.4) is 0 Å². The van der Waals surface area contributed by atoms with Gasteiger partial charge in [0.2, 0.25) is 0 Å². The molecule has 0 aromatic rings. The summed E-state index contributed by atoms with van der Waals surface area (Å²) >= 11 is 0. The molecular weight excluding hydrogens is 157 g/mol. The molecule has 0 atom stereocenters. The molecule has 9 heavy (non-hydrogen) atoms. The van der Waals surface area contributed by atoms with Crippen LogP contribution in [0.5, 0.6) is 0 Å². The van der Waals surface area contributed by atoms with Gasteiger partial charge in [0.25, 0.3) is 0 Å². The molecule has 6 N–H and O–H groups in total. The van der Waals surface area contributed by atoms with Gasteiger partial charge in [-0.2, -0.15) is 0 Å². The van der Waals surface area contributed by atoms with E-state index in [0.717, 1.165) is 0 Å². The maximum Gasteiger partial charge on any atom is 1.00 e. The molecule has 0 aliphatic rings. The van der Waals surface area contributed by atoms with Crippen LogP contribution in [0, 0.1) is 0 Å². The van der Waals surface area contributed by atoms with Crippen LogP contribution in [-0.4, -0.2) is 40.2 Å². The predicted molar refractivity (Wildman–Crippen MR) is 26.2 cm³/mol. The fourth-order valence-electron chi connectivity index (χ4n) is 0.109. The molecule has 0 saturated heterocycles. The molecule has 0 amide bonds. The van der Waals surface area contributed by atoms with Gasteiger partial charge in [-0.1, -0.05) is 0 Å². The Morgan fingerprint density at radius 1 is 1.00 bits per heavy atom. The second-order valence-electron chi connectivity index (χ2n) is 0.789. The van der Waals surface area contributed by atoms with Crippen molar-refractivity contribution in [2.24, 2.45) is 0 Å². The molecule has 0 saturated carbocycles. The SMILES string of the molecule is O.OB(O)OB(O)O.[H-].[K+]. The van der Waals surface area contributed by atoms with Gasteiger partial charge in [-0.3, -0.25) is 0 Å². The number of hydrogen-bond acceptors (Lipinski definition) is 5. The van der Waals surface area contributed by atoms with E-state index >= 15 is 0 Å². The van der Waals surface area contributed by atoms with Crippen molar-refractivity contribution < 1.29 is 83.0 Å². The molecule has 0 unspecified atom stereocenters. The van der Waals surface area contributed by atoms with Gasteiger partial charge in [-0.25, -0.2) is 0 Å². The van der Waals surface area contributed by atoms with Gasteiger partial charge in [0, 0.05) is 0 Å². The molecule has 9 heteroatoms. The minimum Gasteiger partial charge on any atom is -1.00 e. The van der Waals surface area contributed by atoms with Crippen molar-refractivity contribution in [1.29, 1.82) is 0 Å². The maximum absolute atomic E-state index is 7.74. The molecule has 0 fully saturated rings. The Labute approximate surface area is 96.4 Å². The zero-order valence-corrected chi connectivity index (χ0v) is 7.97. The fourth-order valence-corrected chi connectivity index (χ4v) is 0.109. The number of rotatable bonds is 2. The van der Waals surface area contributed by atoms with Crippen molar-refractivity contribution in [3.05, 3.63) is 0 Å². The first-order chi connectivity index (χ1) is 3.13. The third-order valence-corrected chi connectivity index (χ3v) is 0.243. The monoisotopic (exact) mass is 164 g/mol. The van der Waals surface area contributed by atoms with Gasteiger partial charge in [0.05, 0.1) is 0 Å². The van der Waals surface area contributed by atoms with E-state index in [-0.39, 0.29) is 58.3 Å². The van der Waals surface area contributed by atoms with E-state index < -0.39 is 14.6 Å². The van der Waals surface area contributed by atoms with Crippen molar-refractivity contribution in [2.45, 2.75) is 0 Å². The van der Waals surface area contributed by atoms with E-state index in [2.05, 4.69) is 4.57 Å². The van der Waals surface area contributed by atoms with Crippen LogP contribution in [0.1, 0.15) is 1.43 Å². The van der Waals surface area contributed by atoms with Crippen molar-refractivity contribution in [3.63, 3.8) is 0 Å². The van der Waals surface area contributed by atoms with E-state index in [1.807, 2.05) is 0 Å². The predicted octanol–water partition coefficient (Wildman–Crippen LogP) is -6.77. The molecule has 0 aromatic carbocycles. The minimum absolute atomic E-state index is 0.